The predicted octanol–water partition coefficient (Wildman–Crippen LogP) is 3.48. The van der Waals surface area contributed by atoms with E-state index in [2.05, 4.69) is 37.3 Å². The molecule has 0 saturated heterocycles. The molecule has 1 nitrogen and oxygen atoms in total. The molecule has 0 heterocycles. The molecule has 0 spiro atoms. The molecule has 0 radical (unpaired) electrons. The van der Waals surface area contributed by atoms with Crippen molar-refractivity contribution in [2.75, 3.05) is 11.5 Å². The summed E-state index contributed by atoms with van der Waals surface area (Å²) in [6.07, 6.45) is 4.90. The van der Waals surface area contributed by atoms with E-state index in [-0.39, 0.29) is 0 Å². The summed E-state index contributed by atoms with van der Waals surface area (Å²) in [5.41, 5.74) is 7.31. The minimum atomic E-state index is 0.388. The quantitative estimate of drug-likeness (QED) is 0.701. The van der Waals surface area contributed by atoms with E-state index in [9.17, 15) is 0 Å². The standard InChI is InChI=1S/C14H23NS/c1-2-14(15)12-16-11-7-6-10-13-8-4-3-5-9-13/h3-5,8-9,14H,2,6-7,10-12,15H2,1H3. The second-order valence-corrected chi connectivity index (χ2v) is 5.34. The molecule has 0 bridgehead atoms. The van der Waals surface area contributed by atoms with Crippen molar-refractivity contribution in [2.45, 2.75) is 38.6 Å². The van der Waals surface area contributed by atoms with Crippen LogP contribution in [0.25, 0.3) is 0 Å². The second kappa shape index (κ2) is 8.66. The van der Waals surface area contributed by atoms with E-state index < -0.39 is 0 Å². The molecule has 0 aliphatic heterocycles. The maximum absolute atomic E-state index is 5.86. The number of rotatable bonds is 8. The Labute approximate surface area is 104 Å². The Balaban J connectivity index is 1.96. The van der Waals surface area contributed by atoms with Gasteiger partial charge in [0.15, 0.2) is 0 Å². The van der Waals surface area contributed by atoms with Gasteiger partial charge in [0.25, 0.3) is 0 Å². The van der Waals surface area contributed by atoms with Crippen LogP contribution < -0.4 is 5.73 Å². The molecule has 2 heteroatoms. The summed E-state index contributed by atoms with van der Waals surface area (Å²) in [6.45, 7) is 2.15. The first-order chi connectivity index (χ1) is 7.83. The fourth-order valence-corrected chi connectivity index (χ4v) is 2.64. The fraction of sp³-hybridized carbons (Fsp3) is 0.571. The third-order valence-electron chi connectivity index (χ3n) is 2.70. The van der Waals surface area contributed by atoms with E-state index in [1.54, 1.807) is 0 Å². The number of unbranched alkanes of at least 4 members (excludes halogenated alkanes) is 1. The third kappa shape index (κ3) is 6.19. The highest BCUT2D eigenvalue weighted by molar-refractivity contribution is 7.99. The van der Waals surface area contributed by atoms with Crippen LogP contribution in [0.2, 0.25) is 0 Å². The molecule has 1 unspecified atom stereocenters. The van der Waals surface area contributed by atoms with Gasteiger partial charge in [-0.3, -0.25) is 0 Å². The highest BCUT2D eigenvalue weighted by Gasteiger charge is 1.98. The first-order valence-electron chi connectivity index (χ1n) is 6.20. The zero-order valence-electron chi connectivity index (χ0n) is 10.2. The first-order valence-corrected chi connectivity index (χ1v) is 7.35. The van der Waals surface area contributed by atoms with Crippen LogP contribution in [0, 0.1) is 0 Å². The number of hydrogen-bond acceptors (Lipinski definition) is 2. The zero-order chi connectivity index (χ0) is 11.6. The lowest BCUT2D eigenvalue weighted by Gasteiger charge is -2.07. The molecule has 1 atom stereocenters. The largest absolute Gasteiger partial charge is 0.327 e. The van der Waals surface area contributed by atoms with E-state index in [0.717, 1.165) is 12.2 Å². The van der Waals surface area contributed by atoms with Crippen LogP contribution in [0.1, 0.15) is 31.7 Å². The molecular formula is C14H23NS. The predicted molar refractivity (Wildman–Crippen MR) is 75.0 cm³/mol. The molecule has 0 saturated carbocycles. The minimum absolute atomic E-state index is 0.388. The maximum atomic E-state index is 5.86. The molecule has 0 aliphatic rings. The Morgan fingerprint density at radius 1 is 1.19 bits per heavy atom. The number of aryl methyl sites for hydroxylation is 1. The monoisotopic (exact) mass is 237 g/mol. The van der Waals surface area contributed by atoms with Gasteiger partial charge in [-0.15, -0.1) is 0 Å². The average molecular weight is 237 g/mol. The number of nitrogens with two attached hydrogens (primary N) is 1. The van der Waals surface area contributed by atoms with Gasteiger partial charge in [0.1, 0.15) is 0 Å². The Morgan fingerprint density at radius 2 is 1.94 bits per heavy atom. The highest BCUT2D eigenvalue weighted by atomic mass is 32.2. The summed E-state index contributed by atoms with van der Waals surface area (Å²) in [6, 6.07) is 11.1. The third-order valence-corrected chi connectivity index (χ3v) is 3.94. The Bertz CT molecular complexity index is 261. The van der Waals surface area contributed by atoms with Gasteiger partial charge in [0.05, 0.1) is 0 Å². The molecule has 1 aromatic carbocycles. The summed E-state index contributed by atoms with van der Waals surface area (Å²) in [7, 11) is 0. The van der Waals surface area contributed by atoms with Crippen LogP contribution >= 0.6 is 11.8 Å². The summed E-state index contributed by atoms with van der Waals surface area (Å²) in [5, 5.41) is 0. The van der Waals surface area contributed by atoms with Gasteiger partial charge in [-0.05, 0) is 37.0 Å². The van der Waals surface area contributed by atoms with E-state index >= 15 is 0 Å². The van der Waals surface area contributed by atoms with E-state index in [1.165, 1.54) is 30.6 Å². The minimum Gasteiger partial charge on any atom is -0.327 e. The number of thioether (sulfide) groups is 1. The van der Waals surface area contributed by atoms with Gasteiger partial charge in [0, 0.05) is 11.8 Å². The zero-order valence-corrected chi connectivity index (χ0v) is 11.0. The first kappa shape index (κ1) is 13.6. The average Bonchev–Trinajstić information content (AvgIpc) is 2.34. The van der Waals surface area contributed by atoms with Gasteiger partial charge in [0.2, 0.25) is 0 Å². The molecule has 0 aliphatic carbocycles. The normalized spacial score (nSPS) is 12.6. The SMILES string of the molecule is CCC(N)CSCCCCc1ccccc1. The van der Waals surface area contributed by atoms with Gasteiger partial charge in [-0.1, -0.05) is 37.3 Å². The van der Waals surface area contributed by atoms with Crippen molar-refractivity contribution in [3.63, 3.8) is 0 Å². The number of hydrogen-bond donors (Lipinski definition) is 1. The molecule has 1 aromatic rings. The molecule has 90 valence electrons. The van der Waals surface area contributed by atoms with E-state index in [0.29, 0.717) is 6.04 Å². The van der Waals surface area contributed by atoms with Crippen LogP contribution in [0.3, 0.4) is 0 Å². The van der Waals surface area contributed by atoms with Gasteiger partial charge in [-0.2, -0.15) is 11.8 Å². The van der Waals surface area contributed by atoms with Crippen molar-refractivity contribution in [2.24, 2.45) is 5.73 Å². The van der Waals surface area contributed by atoms with Crippen molar-refractivity contribution >= 4 is 11.8 Å². The highest BCUT2D eigenvalue weighted by Crippen LogP contribution is 2.10. The van der Waals surface area contributed by atoms with E-state index in [4.69, 9.17) is 5.73 Å². The van der Waals surface area contributed by atoms with Crippen LogP contribution in [0.5, 0.6) is 0 Å². The second-order valence-electron chi connectivity index (χ2n) is 4.19. The van der Waals surface area contributed by atoms with E-state index in [1.807, 2.05) is 11.8 Å². The molecule has 0 amide bonds. The van der Waals surface area contributed by atoms with Crippen LogP contribution in [-0.2, 0) is 6.42 Å². The van der Waals surface area contributed by atoms with Crippen LogP contribution in [0.4, 0.5) is 0 Å². The fourth-order valence-electron chi connectivity index (χ4n) is 1.53. The molecule has 1 rings (SSSR count). The van der Waals surface area contributed by atoms with Gasteiger partial charge < -0.3 is 5.73 Å². The van der Waals surface area contributed by atoms with Crippen molar-refractivity contribution in [3.8, 4) is 0 Å². The van der Waals surface area contributed by atoms with Gasteiger partial charge >= 0.3 is 0 Å². The Hall–Kier alpha value is -0.470. The Morgan fingerprint density at radius 3 is 2.62 bits per heavy atom. The summed E-state index contributed by atoms with van der Waals surface area (Å²) in [4.78, 5) is 0. The van der Waals surface area contributed by atoms with Crippen molar-refractivity contribution < 1.29 is 0 Å². The molecule has 2 N–H and O–H groups in total. The smallest absolute Gasteiger partial charge is 0.0127 e. The van der Waals surface area contributed by atoms with Crippen LogP contribution in [-0.4, -0.2) is 17.5 Å². The lowest BCUT2D eigenvalue weighted by molar-refractivity contribution is 0.723. The van der Waals surface area contributed by atoms with Crippen molar-refractivity contribution in [1.82, 2.24) is 0 Å². The topological polar surface area (TPSA) is 26.0 Å². The Kier molecular flexibility index (Phi) is 7.35. The van der Waals surface area contributed by atoms with Crippen molar-refractivity contribution in [3.05, 3.63) is 35.9 Å². The molecular weight excluding hydrogens is 214 g/mol. The van der Waals surface area contributed by atoms with Crippen LogP contribution in [0.15, 0.2) is 30.3 Å². The molecule has 16 heavy (non-hydrogen) atoms. The molecule has 0 aromatic heterocycles. The summed E-state index contributed by atoms with van der Waals surface area (Å²) >= 11 is 2.00. The summed E-state index contributed by atoms with van der Waals surface area (Å²) < 4.78 is 0. The maximum Gasteiger partial charge on any atom is 0.0127 e. The van der Waals surface area contributed by atoms with Crippen molar-refractivity contribution in [1.29, 1.82) is 0 Å². The van der Waals surface area contributed by atoms with Gasteiger partial charge in [-0.25, -0.2) is 0 Å². The lowest BCUT2D eigenvalue weighted by atomic mass is 10.1. The lowest BCUT2D eigenvalue weighted by Crippen LogP contribution is -2.21. The molecule has 0 fully saturated rings. The number of benzene rings is 1. The summed E-state index contributed by atoms with van der Waals surface area (Å²) in [5.74, 6) is 2.36.